The van der Waals surface area contributed by atoms with Crippen LogP contribution in [0.25, 0.3) is 0 Å². The van der Waals surface area contributed by atoms with Gasteiger partial charge in [-0.25, -0.2) is 4.99 Å². The van der Waals surface area contributed by atoms with Crippen molar-refractivity contribution in [3.8, 4) is 0 Å². The highest BCUT2D eigenvalue weighted by molar-refractivity contribution is 5.77. The van der Waals surface area contributed by atoms with E-state index in [0.29, 0.717) is 25.7 Å². The first-order valence-electron chi connectivity index (χ1n) is 10.9. The fourth-order valence-electron chi connectivity index (χ4n) is 4.27. The van der Waals surface area contributed by atoms with E-state index in [0.717, 1.165) is 11.1 Å². The van der Waals surface area contributed by atoms with Gasteiger partial charge in [0.2, 0.25) is 0 Å². The molecule has 170 valence electrons. The molecule has 0 saturated heterocycles. The summed E-state index contributed by atoms with van der Waals surface area (Å²) in [5.74, 6) is -0.834. The summed E-state index contributed by atoms with van der Waals surface area (Å²) in [6, 6.07) is 20.1. The number of hydrogen-bond acceptors (Lipinski definition) is 7. The number of esters is 1. The molecule has 1 aliphatic carbocycles. The Morgan fingerprint density at radius 1 is 0.969 bits per heavy atom. The van der Waals surface area contributed by atoms with Crippen molar-refractivity contribution in [2.75, 3.05) is 21.2 Å². The zero-order valence-corrected chi connectivity index (χ0v) is 18.7. The number of rotatable bonds is 7. The van der Waals surface area contributed by atoms with Crippen LogP contribution in [-0.2, 0) is 37.0 Å². The van der Waals surface area contributed by atoms with Gasteiger partial charge in [0, 0.05) is 20.5 Å². The zero-order chi connectivity index (χ0) is 22.5. The quantitative estimate of drug-likeness (QED) is 0.619. The number of nitrogens with zero attached hydrogens (tertiary/aromatic N) is 2. The van der Waals surface area contributed by atoms with Crippen molar-refractivity contribution in [2.24, 2.45) is 10.9 Å². The molecular weight excluding hydrogens is 408 g/mol. The van der Waals surface area contributed by atoms with E-state index in [4.69, 9.17) is 23.9 Å². The number of benzene rings is 2. The molecule has 7 nitrogen and oxygen atoms in total. The van der Waals surface area contributed by atoms with Crippen LogP contribution < -0.4 is 0 Å². The SMILES string of the molecule is COC(=O)C1CC2OC(N(C)C)=NC2C(OCc2ccccc2)C1OCc1ccccc1. The Labute approximate surface area is 188 Å². The number of ether oxygens (including phenoxy) is 4. The minimum Gasteiger partial charge on any atom is -0.469 e. The van der Waals surface area contributed by atoms with E-state index in [2.05, 4.69) is 0 Å². The van der Waals surface area contributed by atoms with Gasteiger partial charge in [-0.3, -0.25) is 4.79 Å². The molecule has 4 rings (SSSR count). The van der Waals surface area contributed by atoms with Crippen molar-refractivity contribution in [1.29, 1.82) is 0 Å². The van der Waals surface area contributed by atoms with Gasteiger partial charge in [-0.1, -0.05) is 60.7 Å². The lowest BCUT2D eigenvalue weighted by Crippen LogP contribution is -2.56. The van der Waals surface area contributed by atoms with Crippen LogP contribution in [0.3, 0.4) is 0 Å². The highest BCUT2D eigenvalue weighted by atomic mass is 16.6. The highest BCUT2D eigenvalue weighted by Crippen LogP contribution is 2.38. The molecule has 1 aliphatic heterocycles. The normalized spacial score (nSPS) is 26.6. The van der Waals surface area contributed by atoms with Crippen LogP contribution in [0, 0.1) is 5.92 Å². The Bertz CT molecular complexity index is 918. The Balaban J connectivity index is 1.61. The van der Waals surface area contributed by atoms with Gasteiger partial charge in [0.1, 0.15) is 18.2 Å². The van der Waals surface area contributed by atoms with Gasteiger partial charge in [0.15, 0.2) is 0 Å². The Hall–Kier alpha value is -2.90. The van der Waals surface area contributed by atoms with Crippen molar-refractivity contribution in [3.63, 3.8) is 0 Å². The molecule has 32 heavy (non-hydrogen) atoms. The Morgan fingerprint density at radius 3 is 2.06 bits per heavy atom. The molecule has 0 amide bonds. The van der Waals surface area contributed by atoms with Gasteiger partial charge in [0.05, 0.1) is 32.3 Å². The van der Waals surface area contributed by atoms with E-state index in [1.165, 1.54) is 7.11 Å². The molecule has 7 heteroatoms. The fourth-order valence-corrected chi connectivity index (χ4v) is 4.27. The topological polar surface area (TPSA) is 69.6 Å². The molecule has 0 N–H and O–H groups in total. The fraction of sp³-hybridized carbons (Fsp3) is 0.440. The number of methoxy groups -OCH3 is 1. The molecule has 5 atom stereocenters. The number of carbonyl (C=O) groups excluding carboxylic acids is 1. The number of aliphatic imine (C=N–C) groups is 1. The average molecular weight is 439 g/mol. The van der Waals surface area contributed by atoms with Crippen molar-refractivity contribution >= 4 is 12.0 Å². The maximum Gasteiger partial charge on any atom is 0.311 e. The first-order valence-corrected chi connectivity index (χ1v) is 10.9. The largest absolute Gasteiger partial charge is 0.469 e. The van der Waals surface area contributed by atoms with Crippen LogP contribution in [-0.4, -0.2) is 62.4 Å². The standard InChI is InChI=1S/C25H30N2O5/c1-27(2)25-26-21-20(32-25)14-19(24(28)29-3)22(30-15-17-10-6-4-7-11-17)23(21)31-16-18-12-8-5-9-13-18/h4-13,19-23H,14-16H2,1-3H3. The maximum absolute atomic E-state index is 12.8. The maximum atomic E-state index is 12.8. The molecule has 0 bridgehead atoms. The lowest BCUT2D eigenvalue weighted by molar-refractivity contribution is -0.178. The molecule has 2 aliphatic rings. The number of fused-ring (bicyclic) bond motifs is 1. The molecule has 0 spiro atoms. The van der Waals surface area contributed by atoms with Crippen LogP contribution in [0.2, 0.25) is 0 Å². The van der Waals surface area contributed by atoms with E-state index >= 15 is 0 Å². The summed E-state index contributed by atoms with van der Waals surface area (Å²) in [7, 11) is 5.17. The minimum atomic E-state index is -0.513. The summed E-state index contributed by atoms with van der Waals surface area (Å²) < 4.78 is 23.9. The number of hydrogen-bond donors (Lipinski definition) is 0. The predicted molar refractivity (Wildman–Crippen MR) is 120 cm³/mol. The molecule has 1 saturated carbocycles. The van der Waals surface area contributed by atoms with Crippen molar-refractivity contribution in [1.82, 2.24) is 4.90 Å². The van der Waals surface area contributed by atoms with Gasteiger partial charge in [-0.05, 0) is 11.1 Å². The van der Waals surface area contributed by atoms with E-state index in [-0.39, 0.29) is 18.1 Å². The summed E-state index contributed by atoms with van der Waals surface area (Å²) >= 11 is 0. The van der Waals surface area contributed by atoms with Crippen LogP contribution in [0.15, 0.2) is 65.7 Å². The summed E-state index contributed by atoms with van der Waals surface area (Å²) in [6.45, 7) is 0.757. The van der Waals surface area contributed by atoms with E-state index in [9.17, 15) is 4.79 Å². The Morgan fingerprint density at radius 2 is 1.53 bits per heavy atom. The molecule has 0 radical (unpaired) electrons. The lowest BCUT2D eigenvalue weighted by atomic mass is 9.79. The smallest absolute Gasteiger partial charge is 0.311 e. The first kappa shape index (κ1) is 22.3. The summed E-state index contributed by atoms with van der Waals surface area (Å²) in [6.07, 6.45) is -0.780. The predicted octanol–water partition coefficient (Wildman–Crippen LogP) is 3.04. The molecule has 0 aromatic heterocycles. The lowest BCUT2D eigenvalue weighted by Gasteiger charge is -2.41. The average Bonchev–Trinajstić information content (AvgIpc) is 3.26. The van der Waals surface area contributed by atoms with Gasteiger partial charge < -0.3 is 23.8 Å². The van der Waals surface area contributed by atoms with Crippen LogP contribution in [0.1, 0.15) is 17.5 Å². The van der Waals surface area contributed by atoms with Gasteiger partial charge in [-0.2, -0.15) is 0 Å². The molecular formula is C25H30N2O5. The second-order valence-electron chi connectivity index (χ2n) is 8.34. The van der Waals surface area contributed by atoms with Crippen molar-refractivity contribution in [2.45, 2.75) is 44.0 Å². The number of carbonyl (C=O) groups is 1. The zero-order valence-electron chi connectivity index (χ0n) is 18.7. The third-order valence-electron chi connectivity index (χ3n) is 5.90. The first-order chi connectivity index (χ1) is 15.6. The van der Waals surface area contributed by atoms with Gasteiger partial charge in [-0.15, -0.1) is 0 Å². The second-order valence-corrected chi connectivity index (χ2v) is 8.34. The van der Waals surface area contributed by atoms with Gasteiger partial charge >= 0.3 is 5.97 Å². The second kappa shape index (κ2) is 10.1. The highest BCUT2D eigenvalue weighted by Gasteiger charge is 2.53. The summed E-state index contributed by atoms with van der Waals surface area (Å²) in [5, 5.41) is 0. The molecule has 2 aromatic carbocycles. The third kappa shape index (κ3) is 4.95. The third-order valence-corrected chi connectivity index (χ3v) is 5.90. The van der Waals surface area contributed by atoms with Crippen molar-refractivity contribution < 1.29 is 23.7 Å². The van der Waals surface area contributed by atoms with Crippen LogP contribution in [0.5, 0.6) is 0 Å². The van der Waals surface area contributed by atoms with E-state index in [1.807, 2.05) is 79.7 Å². The monoisotopic (exact) mass is 438 g/mol. The number of amidine groups is 1. The van der Waals surface area contributed by atoms with Crippen LogP contribution in [0.4, 0.5) is 0 Å². The summed E-state index contributed by atoms with van der Waals surface area (Å²) in [4.78, 5) is 19.4. The molecule has 1 fully saturated rings. The van der Waals surface area contributed by atoms with Crippen LogP contribution >= 0.6 is 0 Å². The molecule has 2 aromatic rings. The minimum absolute atomic E-state index is 0.266. The summed E-state index contributed by atoms with van der Waals surface area (Å²) in [5.41, 5.74) is 2.07. The van der Waals surface area contributed by atoms with E-state index in [1.54, 1.807) is 0 Å². The molecule has 5 unspecified atom stereocenters. The molecule has 1 heterocycles. The van der Waals surface area contributed by atoms with Crippen molar-refractivity contribution in [3.05, 3.63) is 71.8 Å². The van der Waals surface area contributed by atoms with Gasteiger partial charge in [0.25, 0.3) is 6.02 Å². The van der Waals surface area contributed by atoms with E-state index < -0.39 is 18.1 Å². The Kier molecular flexibility index (Phi) is 7.07.